The molecule has 0 amide bonds. The summed E-state index contributed by atoms with van der Waals surface area (Å²) in [6.07, 6.45) is -2.94. The summed E-state index contributed by atoms with van der Waals surface area (Å²) in [7, 11) is 1.57. The lowest BCUT2D eigenvalue weighted by atomic mass is 9.97. The zero-order chi connectivity index (χ0) is 21.2. The van der Waals surface area contributed by atoms with Gasteiger partial charge in [-0.3, -0.25) is 0 Å². The molecule has 8 heteroatoms. The van der Waals surface area contributed by atoms with Gasteiger partial charge in [0.25, 0.3) is 0 Å². The van der Waals surface area contributed by atoms with Crippen molar-refractivity contribution in [3.63, 3.8) is 0 Å². The molecule has 3 rings (SSSR count). The number of ether oxygens (including phenoxy) is 6. The van der Waals surface area contributed by atoms with Gasteiger partial charge in [0.15, 0.2) is 18.0 Å². The topological polar surface area (TPSA) is 92.7 Å². The molecule has 0 aromatic heterocycles. The van der Waals surface area contributed by atoms with Gasteiger partial charge in [0.2, 0.25) is 6.29 Å². The van der Waals surface area contributed by atoms with Gasteiger partial charge in [-0.05, 0) is 52.0 Å². The third-order valence-corrected chi connectivity index (χ3v) is 4.94. The van der Waals surface area contributed by atoms with E-state index in [1.165, 1.54) is 0 Å². The maximum absolute atomic E-state index is 12.4. The zero-order valence-corrected chi connectivity index (χ0v) is 17.3. The molecule has 0 radical (unpaired) electrons. The summed E-state index contributed by atoms with van der Waals surface area (Å²) >= 11 is 0. The first-order chi connectivity index (χ1) is 13.7. The predicted octanol–water partition coefficient (Wildman–Crippen LogP) is 2.19. The first kappa shape index (κ1) is 21.6. The van der Waals surface area contributed by atoms with Crippen LogP contribution in [0.4, 0.5) is 0 Å². The van der Waals surface area contributed by atoms with E-state index in [0.29, 0.717) is 17.1 Å². The van der Waals surface area contributed by atoms with Gasteiger partial charge in [-0.2, -0.15) is 0 Å². The molecule has 1 aromatic rings. The van der Waals surface area contributed by atoms with Crippen LogP contribution in [0.5, 0.6) is 11.5 Å². The Labute approximate surface area is 170 Å². The Morgan fingerprint density at radius 2 is 1.90 bits per heavy atom. The van der Waals surface area contributed by atoms with E-state index in [1.807, 2.05) is 0 Å². The molecule has 1 aromatic carbocycles. The average molecular weight is 408 g/mol. The number of aliphatic hydroxyl groups is 1. The number of aliphatic hydroxyl groups excluding tert-OH is 1. The lowest BCUT2D eigenvalue weighted by Crippen LogP contribution is -2.66. The second-order valence-corrected chi connectivity index (χ2v) is 7.46. The molecule has 2 fully saturated rings. The van der Waals surface area contributed by atoms with Crippen LogP contribution in [-0.2, 0) is 23.7 Å². The van der Waals surface area contributed by atoms with Crippen LogP contribution in [0.2, 0.25) is 0 Å². The Morgan fingerprint density at radius 3 is 2.52 bits per heavy atom. The van der Waals surface area contributed by atoms with Gasteiger partial charge in [0.1, 0.15) is 23.7 Å². The van der Waals surface area contributed by atoms with Crippen molar-refractivity contribution in [3.8, 4) is 11.5 Å². The molecule has 2 aliphatic rings. The van der Waals surface area contributed by atoms with Crippen molar-refractivity contribution in [2.24, 2.45) is 0 Å². The number of fused-ring (bicyclic) bond motifs is 1. The minimum atomic E-state index is -1.26. The second kappa shape index (κ2) is 8.71. The molecule has 5 atom stereocenters. The van der Waals surface area contributed by atoms with Gasteiger partial charge in [-0.15, -0.1) is 0 Å². The monoisotopic (exact) mass is 408 g/mol. The van der Waals surface area contributed by atoms with E-state index in [2.05, 4.69) is 0 Å². The van der Waals surface area contributed by atoms with Crippen LogP contribution < -0.4 is 9.47 Å². The fourth-order valence-electron chi connectivity index (χ4n) is 3.17. The number of carbonyl (C=O) groups is 1. The van der Waals surface area contributed by atoms with Crippen molar-refractivity contribution >= 4 is 5.97 Å². The largest absolute Gasteiger partial charge is 0.497 e. The smallest absolute Gasteiger partial charge is 0.333 e. The number of methoxy groups -OCH3 is 1. The van der Waals surface area contributed by atoms with Crippen LogP contribution in [0.3, 0.4) is 0 Å². The van der Waals surface area contributed by atoms with Crippen molar-refractivity contribution in [3.05, 3.63) is 35.9 Å². The van der Waals surface area contributed by atoms with Gasteiger partial charge in [0.05, 0.1) is 13.7 Å². The summed E-state index contributed by atoms with van der Waals surface area (Å²) in [5.41, 5.74) is 0.430. The van der Waals surface area contributed by atoms with E-state index in [0.717, 1.165) is 0 Å². The first-order valence-corrected chi connectivity index (χ1v) is 9.54. The van der Waals surface area contributed by atoms with Crippen LogP contribution in [0.15, 0.2) is 35.9 Å². The number of hydrogen-bond acceptors (Lipinski definition) is 8. The Morgan fingerprint density at radius 1 is 1.24 bits per heavy atom. The van der Waals surface area contributed by atoms with Crippen LogP contribution in [0, 0.1) is 0 Å². The molecule has 2 saturated heterocycles. The first-order valence-electron chi connectivity index (χ1n) is 9.54. The lowest BCUT2D eigenvalue weighted by molar-refractivity contribution is -0.373. The molecule has 8 nitrogen and oxygen atoms in total. The van der Waals surface area contributed by atoms with E-state index < -0.39 is 42.5 Å². The molecule has 0 bridgehead atoms. The van der Waals surface area contributed by atoms with Crippen LogP contribution in [-0.4, -0.2) is 61.3 Å². The molecular weight excluding hydrogens is 380 g/mol. The summed E-state index contributed by atoms with van der Waals surface area (Å²) in [6, 6.07) is 6.86. The molecular formula is C21H28O8. The van der Waals surface area contributed by atoms with E-state index in [1.54, 1.807) is 65.1 Å². The molecule has 2 aliphatic heterocycles. The highest BCUT2D eigenvalue weighted by molar-refractivity contribution is 5.87. The molecule has 0 saturated carbocycles. The number of allylic oxidation sites excluding steroid dienone is 1. The molecule has 0 spiro atoms. The number of hydrogen-bond donors (Lipinski definition) is 1. The van der Waals surface area contributed by atoms with Crippen molar-refractivity contribution in [1.82, 2.24) is 0 Å². The van der Waals surface area contributed by atoms with Gasteiger partial charge >= 0.3 is 5.97 Å². The van der Waals surface area contributed by atoms with Crippen LogP contribution in [0.1, 0.15) is 27.7 Å². The van der Waals surface area contributed by atoms with Crippen LogP contribution in [0.25, 0.3) is 0 Å². The highest BCUT2D eigenvalue weighted by Crippen LogP contribution is 2.35. The molecule has 29 heavy (non-hydrogen) atoms. The fraction of sp³-hybridized carbons (Fsp3) is 0.571. The Kier molecular flexibility index (Phi) is 6.48. The Bertz CT molecular complexity index is 742. The summed E-state index contributed by atoms with van der Waals surface area (Å²) in [5.74, 6) is -0.282. The summed E-state index contributed by atoms with van der Waals surface area (Å²) in [4.78, 5) is 12.4. The highest BCUT2D eigenvalue weighted by Gasteiger charge is 2.53. The van der Waals surface area contributed by atoms with Crippen molar-refractivity contribution in [2.45, 2.75) is 64.2 Å². The molecule has 1 N–H and O–H groups in total. The minimum Gasteiger partial charge on any atom is -0.497 e. The average Bonchev–Trinajstić information content (AvgIpc) is 2.71. The predicted molar refractivity (Wildman–Crippen MR) is 103 cm³/mol. The van der Waals surface area contributed by atoms with Crippen LogP contribution >= 0.6 is 0 Å². The Balaban J connectivity index is 1.81. The lowest BCUT2D eigenvalue weighted by Gasteiger charge is -2.49. The zero-order valence-electron chi connectivity index (χ0n) is 17.3. The van der Waals surface area contributed by atoms with Crippen molar-refractivity contribution < 1.29 is 38.3 Å². The number of carbonyl (C=O) groups excluding carboxylic acids is 1. The standard InChI is InChI=1S/C21H28O8/c1-6-12(2)19(23)28-18-16(22)20(26-14-9-7-13(24-5)8-10-14)27-15-11-25-21(3,4)29-17(15)18/h6-10,15-18,20,22H,11H2,1-5H3/b12-6+/t15-,16-,17-,18-,20-/m1/s1. The number of esters is 1. The van der Waals surface area contributed by atoms with E-state index in [4.69, 9.17) is 28.4 Å². The van der Waals surface area contributed by atoms with E-state index >= 15 is 0 Å². The van der Waals surface area contributed by atoms with Gasteiger partial charge in [-0.1, -0.05) is 6.08 Å². The highest BCUT2D eigenvalue weighted by atomic mass is 16.8. The normalized spacial score (nSPS) is 31.5. The molecule has 0 unspecified atom stereocenters. The van der Waals surface area contributed by atoms with E-state index in [9.17, 15) is 9.90 Å². The third kappa shape index (κ3) is 4.90. The fourth-order valence-corrected chi connectivity index (χ4v) is 3.17. The molecule has 2 heterocycles. The SMILES string of the molecule is C/C=C(\C)C(=O)O[C@@H]1[C@@H](O)[C@H](Oc2ccc(OC)cc2)O[C@@H]2COC(C)(C)O[C@@H]12. The molecule has 0 aliphatic carbocycles. The summed E-state index contributed by atoms with van der Waals surface area (Å²) < 4.78 is 34.1. The second-order valence-electron chi connectivity index (χ2n) is 7.46. The van der Waals surface area contributed by atoms with Crippen molar-refractivity contribution in [1.29, 1.82) is 0 Å². The maximum atomic E-state index is 12.4. The minimum absolute atomic E-state index is 0.212. The number of rotatable bonds is 5. The summed E-state index contributed by atoms with van der Waals surface area (Å²) in [5, 5.41) is 10.9. The van der Waals surface area contributed by atoms with Gasteiger partial charge in [-0.25, -0.2) is 4.79 Å². The summed E-state index contributed by atoms with van der Waals surface area (Å²) in [6.45, 7) is 7.11. The third-order valence-electron chi connectivity index (χ3n) is 4.94. The molecule has 160 valence electrons. The Hall–Kier alpha value is -2.13. The number of benzene rings is 1. The van der Waals surface area contributed by atoms with Gasteiger partial charge in [0, 0.05) is 5.57 Å². The van der Waals surface area contributed by atoms with Gasteiger partial charge < -0.3 is 33.5 Å². The van der Waals surface area contributed by atoms with Crippen molar-refractivity contribution in [2.75, 3.05) is 13.7 Å². The van der Waals surface area contributed by atoms with E-state index in [-0.39, 0.29) is 6.61 Å². The maximum Gasteiger partial charge on any atom is 0.333 e. The quantitative estimate of drug-likeness (QED) is 0.586.